The van der Waals surface area contributed by atoms with Crippen molar-refractivity contribution >= 4 is 11.6 Å². The van der Waals surface area contributed by atoms with E-state index in [9.17, 15) is 4.79 Å². The van der Waals surface area contributed by atoms with Gasteiger partial charge >= 0.3 is 0 Å². The molecule has 7 nitrogen and oxygen atoms in total. The van der Waals surface area contributed by atoms with Crippen LogP contribution in [0.3, 0.4) is 0 Å². The van der Waals surface area contributed by atoms with E-state index < -0.39 is 0 Å². The van der Waals surface area contributed by atoms with Crippen molar-refractivity contribution < 1.29 is 9.53 Å². The second-order valence-electron chi connectivity index (χ2n) is 5.64. The third kappa shape index (κ3) is 4.35. The molecule has 0 radical (unpaired) electrons. The van der Waals surface area contributed by atoms with E-state index >= 15 is 0 Å². The number of carbonyl (C=O) groups excluding carboxylic acids is 1. The molecule has 2 rings (SSSR count). The van der Waals surface area contributed by atoms with Gasteiger partial charge in [0, 0.05) is 5.69 Å². The third-order valence-electron chi connectivity index (χ3n) is 2.64. The minimum absolute atomic E-state index is 0.0115. The highest BCUT2D eigenvalue weighted by Gasteiger charge is 2.13. The van der Waals surface area contributed by atoms with Gasteiger partial charge in [-0.25, -0.2) is 0 Å². The van der Waals surface area contributed by atoms with E-state index in [1.54, 1.807) is 16.8 Å². The van der Waals surface area contributed by atoms with Crippen LogP contribution in [-0.2, 0) is 9.53 Å². The maximum Gasteiger partial charge on any atom is 0.250 e. The maximum atomic E-state index is 11.8. The van der Waals surface area contributed by atoms with Gasteiger partial charge in [0.2, 0.25) is 5.91 Å². The molecule has 0 unspecified atom stereocenters. The lowest BCUT2D eigenvalue weighted by molar-refractivity contribution is -0.125. The summed E-state index contributed by atoms with van der Waals surface area (Å²) in [6.45, 7) is 7.53. The van der Waals surface area contributed by atoms with Gasteiger partial charge < -0.3 is 10.1 Å². The van der Waals surface area contributed by atoms with Gasteiger partial charge in [-0.2, -0.15) is 4.68 Å². The van der Waals surface area contributed by atoms with E-state index in [0.717, 1.165) is 5.69 Å². The minimum atomic E-state index is -0.345. The number of benzene rings is 1. The minimum Gasteiger partial charge on any atom is -0.366 e. The van der Waals surface area contributed by atoms with Gasteiger partial charge in [0.15, 0.2) is 5.82 Å². The molecule has 1 aromatic heterocycles. The number of tetrazole rings is 1. The first-order chi connectivity index (χ1) is 9.85. The van der Waals surface area contributed by atoms with Gasteiger partial charge in [0.05, 0.1) is 11.3 Å². The van der Waals surface area contributed by atoms with E-state index in [-0.39, 0.29) is 18.1 Å². The number of hydrogen-bond donors (Lipinski definition) is 1. The molecule has 1 N–H and O–H groups in total. The SMILES string of the molecule is Cc1nnnn1-c1cccc(NC(=O)COC(C)(C)C)c1. The normalized spacial score (nSPS) is 11.4. The molecule has 0 atom stereocenters. The van der Waals surface area contributed by atoms with Gasteiger partial charge in [-0.1, -0.05) is 6.07 Å². The molecule has 7 heteroatoms. The number of rotatable bonds is 4. The molecule has 0 aliphatic carbocycles. The quantitative estimate of drug-likeness (QED) is 0.926. The van der Waals surface area contributed by atoms with Crippen LogP contribution in [0.15, 0.2) is 24.3 Å². The lowest BCUT2D eigenvalue weighted by atomic mass is 10.2. The first-order valence-electron chi connectivity index (χ1n) is 6.64. The standard InChI is InChI=1S/C14H19N5O2/c1-10-16-17-18-19(10)12-7-5-6-11(8-12)15-13(20)9-21-14(2,3)4/h5-8H,9H2,1-4H3,(H,15,20). The molecular formula is C14H19N5O2. The zero-order valence-electron chi connectivity index (χ0n) is 12.6. The first-order valence-corrected chi connectivity index (χ1v) is 6.64. The summed E-state index contributed by atoms with van der Waals surface area (Å²) in [6, 6.07) is 7.30. The summed E-state index contributed by atoms with van der Waals surface area (Å²) in [6.07, 6.45) is 0. The third-order valence-corrected chi connectivity index (χ3v) is 2.64. The van der Waals surface area contributed by atoms with Gasteiger partial charge in [-0.15, -0.1) is 5.10 Å². The smallest absolute Gasteiger partial charge is 0.250 e. The zero-order valence-corrected chi connectivity index (χ0v) is 12.6. The average molecular weight is 289 g/mol. The summed E-state index contributed by atoms with van der Waals surface area (Å²) in [5, 5.41) is 14.1. The highest BCUT2D eigenvalue weighted by atomic mass is 16.5. The lowest BCUT2D eigenvalue weighted by Gasteiger charge is -2.19. The summed E-state index contributed by atoms with van der Waals surface area (Å²) < 4.78 is 7.03. The molecule has 0 saturated carbocycles. The molecule has 0 saturated heterocycles. The Kier molecular flexibility index (Phi) is 4.32. The van der Waals surface area contributed by atoms with Crippen molar-refractivity contribution in [3.63, 3.8) is 0 Å². The Bertz CT molecular complexity index is 630. The van der Waals surface area contributed by atoms with E-state index in [1.165, 1.54) is 0 Å². The largest absolute Gasteiger partial charge is 0.366 e. The number of nitrogens with zero attached hydrogens (tertiary/aromatic N) is 4. The summed E-state index contributed by atoms with van der Waals surface area (Å²) in [5.74, 6) is 0.477. The van der Waals surface area contributed by atoms with Crippen LogP contribution < -0.4 is 5.32 Å². The van der Waals surface area contributed by atoms with Crippen molar-refractivity contribution in [2.24, 2.45) is 0 Å². The van der Waals surface area contributed by atoms with Crippen LogP contribution in [0, 0.1) is 6.92 Å². The fraction of sp³-hybridized carbons (Fsp3) is 0.429. The number of carbonyl (C=O) groups is 1. The van der Waals surface area contributed by atoms with E-state index in [4.69, 9.17) is 4.74 Å². The molecule has 0 aliphatic heterocycles. The summed E-state index contributed by atoms with van der Waals surface area (Å²) in [7, 11) is 0. The van der Waals surface area contributed by atoms with Crippen molar-refractivity contribution in [1.29, 1.82) is 0 Å². The van der Waals surface area contributed by atoms with Crippen LogP contribution in [0.25, 0.3) is 5.69 Å². The van der Waals surface area contributed by atoms with Crippen LogP contribution in [0.4, 0.5) is 5.69 Å². The molecule has 0 spiro atoms. The Morgan fingerprint density at radius 3 is 2.76 bits per heavy atom. The van der Waals surface area contributed by atoms with Gasteiger partial charge in [-0.3, -0.25) is 4.79 Å². The molecular weight excluding hydrogens is 270 g/mol. The van der Waals surface area contributed by atoms with Gasteiger partial charge in [-0.05, 0) is 56.3 Å². The number of nitrogens with one attached hydrogen (secondary N) is 1. The Hall–Kier alpha value is -2.28. The van der Waals surface area contributed by atoms with Crippen LogP contribution >= 0.6 is 0 Å². The van der Waals surface area contributed by atoms with Crippen LogP contribution in [0.5, 0.6) is 0 Å². The highest BCUT2D eigenvalue weighted by Crippen LogP contribution is 2.15. The highest BCUT2D eigenvalue weighted by molar-refractivity contribution is 5.91. The zero-order chi connectivity index (χ0) is 15.5. The number of aryl methyl sites for hydroxylation is 1. The van der Waals surface area contributed by atoms with Crippen molar-refractivity contribution in [3.8, 4) is 5.69 Å². The Morgan fingerprint density at radius 2 is 2.14 bits per heavy atom. The Labute approximate surface area is 123 Å². The van der Waals surface area contributed by atoms with Crippen molar-refractivity contribution in [3.05, 3.63) is 30.1 Å². The summed E-state index contributed by atoms with van der Waals surface area (Å²) in [4.78, 5) is 11.8. The van der Waals surface area contributed by atoms with Crippen LogP contribution in [0.2, 0.25) is 0 Å². The van der Waals surface area contributed by atoms with Gasteiger partial charge in [0.1, 0.15) is 6.61 Å². The first kappa shape index (κ1) is 15.1. The lowest BCUT2D eigenvalue weighted by Crippen LogP contribution is -2.27. The van der Waals surface area contributed by atoms with Gasteiger partial charge in [0.25, 0.3) is 0 Å². The van der Waals surface area contributed by atoms with Crippen LogP contribution in [-0.4, -0.2) is 38.3 Å². The van der Waals surface area contributed by atoms with Crippen LogP contribution in [0.1, 0.15) is 26.6 Å². The molecule has 112 valence electrons. The molecule has 1 aromatic carbocycles. The average Bonchev–Trinajstić information content (AvgIpc) is 2.82. The molecule has 21 heavy (non-hydrogen) atoms. The fourth-order valence-corrected chi connectivity index (χ4v) is 1.66. The summed E-state index contributed by atoms with van der Waals surface area (Å²) in [5.41, 5.74) is 1.11. The number of anilines is 1. The molecule has 2 aromatic rings. The molecule has 1 heterocycles. The second kappa shape index (κ2) is 6.01. The number of aromatic nitrogens is 4. The topological polar surface area (TPSA) is 81.9 Å². The number of hydrogen-bond acceptors (Lipinski definition) is 5. The number of ether oxygens (including phenoxy) is 1. The Morgan fingerprint density at radius 1 is 1.38 bits per heavy atom. The molecule has 0 aliphatic rings. The van der Waals surface area contributed by atoms with Crippen molar-refractivity contribution in [2.75, 3.05) is 11.9 Å². The number of amides is 1. The molecule has 0 bridgehead atoms. The van der Waals surface area contributed by atoms with Crippen molar-refractivity contribution in [2.45, 2.75) is 33.3 Å². The van der Waals surface area contributed by atoms with E-state index in [2.05, 4.69) is 20.8 Å². The maximum absolute atomic E-state index is 11.8. The predicted octanol–water partition coefficient (Wildman–Crippen LogP) is 1.72. The molecule has 0 fully saturated rings. The monoisotopic (exact) mass is 289 g/mol. The Balaban J connectivity index is 2.05. The van der Waals surface area contributed by atoms with E-state index in [0.29, 0.717) is 11.5 Å². The second-order valence-corrected chi connectivity index (χ2v) is 5.64. The predicted molar refractivity (Wildman–Crippen MR) is 78.2 cm³/mol. The van der Waals surface area contributed by atoms with Crippen molar-refractivity contribution in [1.82, 2.24) is 20.2 Å². The fourth-order valence-electron chi connectivity index (χ4n) is 1.66. The van der Waals surface area contributed by atoms with E-state index in [1.807, 2.05) is 39.8 Å². The summed E-state index contributed by atoms with van der Waals surface area (Å²) >= 11 is 0. The molecule has 1 amide bonds.